The molecule has 1 aromatic heterocycles. The third-order valence-corrected chi connectivity index (χ3v) is 11.8. The second-order valence-corrected chi connectivity index (χ2v) is 14.1. The number of Topliss-reactive ketones (excluding diaryl/α,β-unsaturated/α-hetero) is 1. The van der Waals surface area contributed by atoms with Crippen molar-refractivity contribution in [2.75, 3.05) is 0 Å². The van der Waals surface area contributed by atoms with E-state index in [0.29, 0.717) is 18.4 Å². The molecule has 9 atom stereocenters. The summed E-state index contributed by atoms with van der Waals surface area (Å²) in [6.45, 7) is 9.53. The molecular weight excluding hydrogens is 556 g/mol. The predicted molar refractivity (Wildman–Crippen MR) is 147 cm³/mol. The van der Waals surface area contributed by atoms with Gasteiger partial charge in [-0.3, -0.25) is 9.59 Å². The molecule has 228 valence electrons. The van der Waals surface area contributed by atoms with E-state index < -0.39 is 75.5 Å². The molecule has 0 amide bonds. The minimum absolute atomic E-state index is 0.00756. The van der Waals surface area contributed by atoms with Gasteiger partial charge in [0.25, 0.3) is 0 Å². The summed E-state index contributed by atoms with van der Waals surface area (Å²) >= 11 is 0. The van der Waals surface area contributed by atoms with Crippen molar-refractivity contribution >= 4 is 23.7 Å². The average Bonchev–Trinajstić information content (AvgIpc) is 3.53. The maximum atomic E-state index is 14.6. The fraction of sp³-hybridized carbons (Fsp3) is 0.576. The molecule has 2 aliphatic carbocycles. The van der Waals surface area contributed by atoms with Crippen LogP contribution in [0.5, 0.6) is 5.75 Å². The maximum absolute atomic E-state index is 14.6. The van der Waals surface area contributed by atoms with Crippen LogP contribution in [-0.2, 0) is 33.3 Å². The molecule has 3 aliphatic heterocycles. The van der Waals surface area contributed by atoms with E-state index in [1.54, 1.807) is 12.3 Å². The number of phenolic OH excluding ortho intramolecular Hbond substituents is 1. The summed E-state index contributed by atoms with van der Waals surface area (Å²) in [4.78, 5) is 54.7. The Kier molecular flexibility index (Phi) is 5.70. The van der Waals surface area contributed by atoms with Gasteiger partial charge in [-0.05, 0) is 69.9 Å². The van der Waals surface area contributed by atoms with Gasteiger partial charge in [-0.1, -0.05) is 13.8 Å². The van der Waals surface area contributed by atoms with Crippen LogP contribution in [0.1, 0.15) is 82.3 Å². The van der Waals surface area contributed by atoms with Crippen molar-refractivity contribution in [3.05, 3.63) is 54.0 Å². The van der Waals surface area contributed by atoms with Crippen LogP contribution >= 0.6 is 0 Å². The summed E-state index contributed by atoms with van der Waals surface area (Å²) in [5, 5.41) is 9.71. The van der Waals surface area contributed by atoms with E-state index in [-0.39, 0.29) is 29.9 Å². The van der Waals surface area contributed by atoms with Crippen molar-refractivity contribution in [2.24, 2.45) is 28.1 Å². The second kappa shape index (κ2) is 8.71. The van der Waals surface area contributed by atoms with Gasteiger partial charge in [-0.25, -0.2) is 9.59 Å². The summed E-state index contributed by atoms with van der Waals surface area (Å²) in [5.41, 5.74) is -4.08. The number of fused-ring (bicyclic) bond motifs is 3. The Balaban J connectivity index is 1.36. The molecule has 1 aromatic carbocycles. The Bertz CT molecular complexity index is 1530. The Morgan fingerprint density at radius 1 is 0.953 bits per heavy atom. The molecule has 7 rings (SSSR count). The summed E-state index contributed by atoms with van der Waals surface area (Å²) in [7, 11) is 0. The highest BCUT2D eigenvalue weighted by molar-refractivity contribution is 5.93. The number of esters is 3. The fourth-order valence-electron chi connectivity index (χ4n) is 9.84. The number of benzene rings is 1. The van der Waals surface area contributed by atoms with Crippen LogP contribution in [0.3, 0.4) is 0 Å². The number of aromatic hydroxyl groups is 1. The number of ketones is 1. The SMILES string of the molecule is CC1(C)OC(=O)C[C@H](OC(=O)c2ccc(O)cc2)[C@]2(C)C3CC[C@@]4(C)[C@H](c5ccoc5)OC(=O)[C@H]5O[C@]54[C@]3(C)C(=O)C[C@@H]12. The fourth-order valence-corrected chi connectivity index (χ4v) is 9.84. The van der Waals surface area contributed by atoms with Crippen molar-refractivity contribution in [3.8, 4) is 5.75 Å². The maximum Gasteiger partial charge on any atom is 0.339 e. The second-order valence-electron chi connectivity index (χ2n) is 14.1. The molecule has 43 heavy (non-hydrogen) atoms. The molecule has 10 nitrogen and oxygen atoms in total. The van der Waals surface area contributed by atoms with Gasteiger partial charge in [-0.2, -0.15) is 0 Å². The standard InChI is InChI=1S/C33H36O10/c1-29(2)21-14-22(35)32(5)20(10-12-30(3)25(18-11-13-39-16-18)41-28(38)26-33(30,32)43-26)31(21,4)23(15-24(36)42-29)40-27(37)17-6-8-19(34)9-7-17/h6-9,11,13,16,20-21,23,25-26,34H,10,12,14-15H2,1-5H3/t20?,21-,23-,25-,26+,30-,31+,32-,33+/m0/s1. The lowest BCUT2D eigenvalue weighted by molar-refractivity contribution is -0.231. The van der Waals surface area contributed by atoms with Crippen LogP contribution in [0.4, 0.5) is 0 Å². The largest absolute Gasteiger partial charge is 0.508 e. The smallest absolute Gasteiger partial charge is 0.339 e. The predicted octanol–water partition coefficient (Wildman–Crippen LogP) is 4.69. The quantitative estimate of drug-likeness (QED) is 0.303. The lowest BCUT2D eigenvalue weighted by Crippen LogP contribution is -2.72. The van der Waals surface area contributed by atoms with E-state index in [0.717, 1.165) is 0 Å². The van der Waals surface area contributed by atoms with E-state index in [1.807, 2.05) is 34.6 Å². The molecule has 1 spiro atoms. The average molecular weight is 593 g/mol. The van der Waals surface area contributed by atoms with Crippen LogP contribution in [0.2, 0.25) is 0 Å². The molecular formula is C33H36O10. The lowest BCUT2D eigenvalue weighted by atomic mass is 9.37. The zero-order chi connectivity index (χ0) is 30.7. The zero-order valence-corrected chi connectivity index (χ0v) is 24.9. The molecule has 10 heteroatoms. The highest BCUT2D eigenvalue weighted by atomic mass is 16.7. The van der Waals surface area contributed by atoms with Crippen molar-refractivity contribution in [1.29, 1.82) is 0 Å². The van der Waals surface area contributed by atoms with E-state index >= 15 is 0 Å². The molecule has 1 unspecified atom stereocenters. The number of hydrogen-bond acceptors (Lipinski definition) is 10. The van der Waals surface area contributed by atoms with E-state index in [1.165, 1.54) is 30.5 Å². The first-order valence-electron chi connectivity index (χ1n) is 14.9. The van der Waals surface area contributed by atoms with Crippen molar-refractivity contribution < 1.29 is 47.6 Å². The summed E-state index contributed by atoms with van der Waals surface area (Å²) in [5.74, 6) is -2.63. The molecule has 4 heterocycles. The Morgan fingerprint density at radius 2 is 1.67 bits per heavy atom. The molecule has 5 aliphatic rings. The van der Waals surface area contributed by atoms with Crippen LogP contribution in [0.15, 0.2) is 47.3 Å². The van der Waals surface area contributed by atoms with Crippen molar-refractivity contribution in [3.63, 3.8) is 0 Å². The Hall–Kier alpha value is -3.66. The third-order valence-electron chi connectivity index (χ3n) is 11.8. The van der Waals surface area contributed by atoms with Crippen molar-refractivity contribution in [1.82, 2.24) is 0 Å². The number of cyclic esters (lactones) is 2. The van der Waals surface area contributed by atoms with Gasteiger partial charge < -0.3 is 28.5 Å². The highest BCUT2D eigenvalue weighted by Crippen LogP contribution is 2.78. The van der Waals surface area contributed by atoms with Crippen LogP contribution in [-0.4, -0.2) is 52.2 Å². The summed E-state index contributed by atoms with van der Waals surface area (Å²) in [6.07, 6.45) is 1.53. The van der Waals surface area contributed by atoms with E-state index in [9.17, 15) is 24.3 Å². The first-order chi connectivity index (χ1) is 20.2. The van der Waals surface area contributed by atoms with Crippen molar-refractivity contribution in [2.45, 2.75) is 89.8 Å². The van der Waals surface area contributed by atoms with E-state index in [2.05, 4.69) is 0 Å². The minimum Gasteiger partial charge on any atom is -0.508 e. The minimum atomic E-state index is -1.16. The van der Waals surface area contributed by atoms with Gasteiger partial charge in [0.15, 0.2) is 6.10 Å². The number of hydrogen-bond donors (Lipinski definition) is 1. The zero-order valence-electron chi connectivity index (χ0n) is 24.9. The molecule has 1 N–H and O–H groups in total. The first-order valence-corrected chi connectivity index (χ1v) is 14.9. The topological polar surface area (TPSA) is 142 Å². The number of ether oxygens (including phenoxy) is 4. The number of phenols is 1. The van der Waals surface area contributed by atoms with Gasteiger partial charge in [-0.15, -0.1) is 0 Å². The number of furan rings is 1. The third kappa shape index (κ3) is 3.44. The van der Waals surface area contributed by atoms with Crippen LogP contribution < -0.4 is 0 Å². The van der Waals surface area contributed by atoms with Gasteiger partial charge in [0, 0.05) is 28.7 Å². The van der Waals surface area contributed by atoms with Gasteiger partial charge in [0.05, 0.1) is 29.9 Å². The Labute approximate surface area is 249 Å². The monoisotopic (exact) mass is 592 g/mol. The summed E-state index contributed by atoms with van der Waals surface area (Å²) < 4.78 is 29.9. The highest BCUT2D eigenvalue weighted by Gasteiger charge is 2.88. The number of rotatable bonds is 3. The summed E-state index contributed by atoms with van der Waals surface area (Å²) in [6, 6.07) is 7.48. The molecule has 3 saturated heterocycles. The van der Waals surface area contributed by atoms with Gasteiger partial charge >= 0.3 is 17.9 Å². The van der Waals surface area contributed by atoms with Gasteiger partial charge in [0.2, 0.25) is 0 Å². The normalized spacial score (nSPS) is 42.6. The molecule has 2 aromatic rings. The van der Waals surface area contributed by atoms with Crippen LogP contribution in [0, 0.1) is 28.1 Å². The molecule has 0 bridgehead atoms. The molecule has 0 radical (unpaired) electrons. The molecule has 5 fully saturated rings. The number of epoxide rings is 1. The van der Waals surface area contributed by atoms with E-state index in [4.69, 9.17) is 23.4 Å². The number of carbonyl (C=O) groups is 4. The Morgan fingerprint density at radius 3 is 2.35 bits per heavy atom. The molecule has 2 saturated carbocycles. The number of carbonyl (C=O) groups excluding carboxylic acids is 4. The lowest BCUT2D eigenvalue weighted by Gasteiger charge is -2.66. The van der Waals surface area contributed by atoms with Crippen LogP contribution in [0.25, 0.3) is 0 Å². The first kappa shape index (κ1) is 28.1. The van der Waals surface area contributed by atoms with Gasteiger partial charge in [0.1, 0.15) is 34.9 Å².